The Balaban J connectivity index is 1.63. The molecule has 2 heterocycles. The largest absolute Gasteiger partial charge is 0.497 e. The van der Waals surface area contributed by atoms with E-state index in [0.29, 0.717) is 26.2 Å². The fraction of sp³-hybridized carbons (Fsp3) is 0.222. The first-order valence-corrected chi connectivity index (χ1v) is 11.0. The Hall–Kier alpha value is -3.97. The maximum atomic E-state index is 13.4. The van der Waals surface area contributed by atoms with E-state index >= 15 is 0 Å². The number of ketones is 1. The molecule has 0 amide bonds. The molecule has 0 unspecified atom stereocenters. The number of rotatable bonds is 8. The molecule has 7 heteroatoms. The van der Waals surface area contributed by atoms with Crippen LogP contribution < -0.4 is 9.47 Å². The van der Waals surface area contributed by atoms with Gasteiger partial charge in [-0.25, -0.2) is 4.68 Å². The van der Waals surface area contributed by atoms with Gasteiger partial charge in [-0.05, 0) is 47.5 Å². The SMILES string of the molecule is C=CCn1cc(CN2CC(=Cc3ccc(OC)cc3)C(=O)C(=Cc3ccc(OC)cc3)C2)nn1. The van der Waals surface area contributed by atoms with E-state index in [1.165, 1.54) is 0 Å². The molecule has 0 aliphatic carbocycles. The third kappa shape index (κ3) is 5.68. The highest BCUT2D eigenvalue weighted by molar-refractivity contribution is 6.14. The summed E-state index contributed by atoms with van der Waals surface area (Å²) in [5.74, 6) is 1.61. The maximum Gasteiger partial charge on any atom is 0.187 e. The molecule has 1 aromatic heterocycles. The van der Waals surface area contributed by atoms with Crippen molar-refractivity contribution in [2.75, 3.05) is 27.3 Å². The van der Waals surface area contributed by atoms with Gasteiger partial charge >= 0.3 is 0 Å². The van der Waals surface area contributed by atoms with Crippen molar-refractivity contribution in [2.24, 2.45) is 0 Å². The van der Waals surface area contributed by atoms with Crippen molar-refractivity contribution in [1.82, 2.24) is 19.9 Å². The molecular weight excluding hydrogens is 428 g/mol. The second-order valence-electron chi connectivity index (χ2n) is 8.08. The zero-order chi connectivity index (χ0) is 23.9. The summed E-state index contributed by atoms with van der Waals surface area (Å²) in [7, 11) is 3.27. The number of ether oxygens (including phenoxy) is 2. The van der Waals surface area contributed by atoms with E-state index < -0.39 is 0 Å². The van der Waals surface area contributed by atoms with Gasteiger partial charge in [-0.15, -0.1) is 11.7 Å². The number of carbonyl (C=O) groups excluding carboxylic acids is 1. The highest BCUT2D eigenvalue weighted by Crippen LogP contribution is 2.24. The lowest BCUT2D eigenvalue weighted by Gasteiger charge is -2.29. The second-order valence-corrected chi connectivity index (χ2v) is 8.08. The van der Waals surface area contributed by atoms with Crippen LogP contribution in [0.25, 0.3) is 12.2 Å². The predicted octanol–water partition coefficient (Wildman–Crippen LogP) is 4.03. The maximum absolute atomic E-state index is 13.4. The summed E-state index contributed by atoms with van der Waals surface area (Å²) in [6.45, 7) is 5.99. The summed E-state index contributed by atoms with van der Waals surface area (Å²) in [6.07, 6.45) is 7.59. The summed E-state index contributed by atoms with van der Waals surface area (Å²) < 4.78 is 12.2. The quantitative estimate of drug-likeness (QED) is 0.377. The highest BCUT2D eigenvalue weighted by Gasteiger charge is 2.26. The molecule has 0 spiro atoms. The highest BCUT2D eigenvalue weighted by atomic mass is 16.5. The first-order valence-electron chi connectivity index (χ1n) is 11.0. The number of Topliss-reactive ketones (excluding diaryl/α,β-unsaturated/α-hetero) is 1. The number of carbonyl (C=O) groups is 1. The summed E-state index contributed by atoms with van der Waals surface area (Å²) in [5, 5.41) is 8.42. The molecule has 1 saturated heterocycles. The number of hydrogen-bond donors (Lipinski definition) is 0. The molecule has 4 rings (SSSR count). The molecule has 0 radical (unpaired) electrons. The van der Waals surface area contributed by atoms with Crippen LogP contribution in [0.5, 0.6) is 11.5 Å². The van der Waals surface area contributed by atoms with E-state index in [9.17, 15) is 4.79 Å². The van der Waals surface area contributed by atoms with Crippen LogP contribution in [0, 0.1) is 0 Å². The molecule has 174 valence electrons. The van der Waals surface area contributed by atoms with Crippen molar-refractivity contribution in [3.05, 3.63) is 95.3 Å². The van der Waals surface area contributed by atoms with Crippen LogP contribution in [-0.2, 0) is 17.9 Å². The smallest absolute Gasteiger partial charge is 0.187 e. The summed E-state index contributed by atoms with van der Waals surface area (Å²) in [4.78, 5) is 15.6. The van der Waals surface area contributed by atoms with E-state index in [2.05, 4.69) is 21.8 Å². The van der Waals surface area contributed by atoms with Gasteiger partial charge in [0.1, 0.15) is 11.5 Å². The monoisotopic (exact) mass is 456 g/mol. The van der Waals surface area contributed by atoms with Gasteiger partial charge in [0.2, 0.25) is 0 Å². The van der Waals surface area contributed by atoms with E-state index in [1.807, 2.05) is 66.9 Å². The van der Waals surface area contributed by atoms with Crippen molar-refractivity contribution in [1.29, 1.82) is 0 Å². The molecule has 3 aromatic rings. The molecule has 0 atom stereocenters. The number of nitrogens with zero attached hydrogens (tertiary/aromatic N) is 4. The molecule has 34 heavy (non-hydrogen) atoms. The van der Waals surface area contributed by atoms with Crippen LogP contribution in [0.2, 0.25) is 0 Å². The predicted molar refractivity (Wildman–Crippen MR) is 132 cm³/mol. The average molecular weight is 457 g/mol. The Morgan fingerprint density at radius 3 is 1.91 bits per heavy atom. The van der Waals surface area contributed by atoms with Crippen molar-refractivity contribution in [3.8, 4) is 11.5 Å². The first kappa shape index (κ1) is 23.2. The Morgan fingerprint density at radius 2 is 1.44 bits per heavy atom. The number of methoxy groups -OCH3 is 2. The molecule has 0 N–H and O–H groups in total. The minimum absolute atomic E-state index is 0.0539. The van der Waals surface area contributed by atoms with Crippen LogP contribution in [0.15, 0.2) is 78.5 Å². The topological polar surface area (TPSA) is 69.5 Å². The van der Waals surface area contributed by atoms with Gasteiger partial charge in [0.05, 0.1) is 32.7 Å². The summed E-state index contributed by atoms with van der Waals surface area (Å²) >= 11 is 0. The minimum atomic E-state index is 0.0539. The van der Waals surface area contributed by atoms with Crippen molar-refractivity contribution >= 4 is 17.9 Å². The lowest BCUT2D eigenvalue weighted by Crippen LogP contribution is -2.37. The average Bonchev–Trinajstić information content (AvgIpc) is 3.30. The zero-order valence-electron chi connectivity index (χ0n) is 19.5. The Labute approximate surface area is 199 Å². The van der Waals surface area contributed by atoms with Crippen molar-refractivity contribution in [2.45, 2.75) is 13.1 Å². The molecule has 1 aliphatic rings. The Bertz CT molecular complexity index is 1140. The summed E-state index contributed by atoms with van der Waals surface area (Å²) in [5.41, 5.74) is 4.21. The molecular formula is C27H28N4O3. The van der Waals surface area contributed by atoms with Crippen LogP contribution in [0.3, 0.4) is 0 Å². The second kappa shape index (κ2) is 10.8. The van der Waals surface area contributed by atoms with Crippen LogP contribution >= 0.6 is 0 Å². The van der Waals surface area contributed by atoms with Crippen molar-refractivity contribution < 1.29 is 14.3 Å². The lowest BCUT2D eigenvalue weighted by molar-refractivity contribution is -0.113. The molecule has 2 aromatic carbocycles. The van der Waals surface area contributed by atoms with Gasteiger partial charge in [-0.3, -0.25) is 9.69 Å². The molecule has 7 nitrogen and oxygen atoms in total. The molecule has 0 saturated carbocycles. The van der Waals surface area contributed by atoms with Crippen LogP contribution in [0.1, 0.15) is 16.8 Å². The van der Waals surface area contributed by atoms with Gasteiger partial charge in [-0.1, -0.05) is 35.6 Å². The minimum Gasteiger partial charge on any atom is -0.497 e. The number of hydrogen-bond acceptors (Lipinski definition) is 6. The molecule has 1 aliphatic heterocycles. The molecule has 1 fully saturated rings. The fourth-order valence-corrected chi connectivity index (χ4v) is 3.89. The number of allylic oxidation sites excluding steroid dienone is 1. The first-order chi connectivity index (χ1) is 16.6. The van der Waals surface area contributed by atoms with E-state index in [4.69, 9.17) is 9.47 Å². The number of likely N-dealkylation sites (tertiary alicyclic amines) is 1. The van der Waals surface area contributed by atoms with Gasteiger partial charge in [0.25, 0.3) is 0 Å². The normalized spacial score (nSPS) is 16.7. The van der Waals surface area contributed by atoms with E-state index in [1.54, 1.807) is 25.0 Å². The molecule has 0 bridgehead atoms. The van der Waals surface area contributed by atoms with Gasteiger partial charge in [0, 0.05) is 30.8 Å². The van der Waals surface area contributed by atoms with E-state index in [0.717, 1.165) is 39.5 Å². The summed E-state index contributed by atoms with van der Waals surface area (Å²) in [6, 6.07) is 15.4. The number of aromatic nitrogens is 3. The fourth-order valence-electron chi connectivity index (χ4n) is 3.89. The number of piperidine rings is 1. The zero-order valence-corrected chi connectivity index (χ0v) is 19.5. The van der Waals surface area contributed by atoms with Crippen molar-refractivity contribution in [3.63, 3.8) is 0 Å². The van der Waals surface area contributed by atoms with Gasteiger partial charge < -0.3 is 9.47 Å². The third-order valence-corrected chi connectivity index (χ3v) is 5.57. The van der Waals surface area contributed by atoms with E-state index in [-0.39, 0.29) is 5.78 Å². The Kier molecular flexibility index (Phi) is 7.34. The van der Waals surface area contributed by atoms with Crippen LogP contribution in [-0.4, -0.2) is 53.0 Å². The van der Waals surface area contributed by atoms with Gasteiger partial charge in [0.15, 0.2) is 5.78 Å². The van der Waals surface area contributed by atoms with Gasteiger partial charge in [-0.2, -0.15) is 0 Å². The third-order valence-electron chi connectivity index (χ3n) is 5.57. The number of benzene rings is 2. The Morgan fingerprint density at radius 1 is 0.912 bits per heavy atom. The standard InChI is InChI=1S/C27H28N4O3/c1-4-13-31-19-24(28-29-31)18-30-16-22(14-20-5-9-25(33-2)10-6-20)27(32)23(17-30)15-21-7-11-26(34-3)12-8-21/h4-12,14-15,19H,1,13,16-18H2,2-3H3. The lowest BCUT2D eigenvalue weighted by atomic mass is 9.94. The van der Waals surface area contributed by atoms with Crippen LogP contribution in [0.4, 0.5) is 0 Å².